The summed E-state index contributed by atoms with van der Waals surface area (Å²) in [6.45, 7) is 3.16. The minimum Gasteiger partial charge on any atom is -0.496 e. The first-order valence-corrected chi connectivity index (χ1v) is 10.4. The Kier molecular flexibility index (Phi) is 5.73. The van der Waals surface area contributed by atoms with E-state index in [1.54, 1.807) is 26.5 Å². The fourth-order valence-electron chi connectivity index (χ4n) is 3.30. The Morgan fingerprint density at radius 3 is 2.79 bits per heavy atom. The monoisotopic (exact) mass is 435 g/mol. The Balaban J connectivity index is 1.71. The molecule has 0 unspecified atom stereocenters. The van der Waals surface area contributed by atoms with Gasteiger partial charge in [0.1, 0.15) is 26.9 Å². The number of nitrogens with one attached hydrogen (secondary N) is 1. The Labute approximate surface area is 177 Å². The van der Waals surface area contributed by atoms with Crippen LogP contribution >= 0.6 is 22.9 Å². The normalized spacial score (nSPS) is 19.3. The first-order chi connectivity index (χ1) is 14.0. The number of aromatic nitrogens is 3. The summed E-state index contributed by atoms with van der Waals surface area (Å²) < 4.78 is 16.4. The second-order valence-electron chi connectivity index (χ2n) is 6.78. The summed E-state index contributed by atoms with van der Waals surface area (Å²) in [5, 5.41) is 4.48. The number of fused-ring (bicyclic) bond motifs is 1. The van der Waals surface area contributed by atoms with Gasteiger partial charge in [-0.3, -0.25) is 0 Å². The van der Waals surface area contributed by atoms with Crippen LogP contribution in [-0.4, -0.2) is 54.5 Å². The average molecular weight is 436 g/mol. The van der Waals surface area contributed by atoms with Crippen LogP contribution in [0.5, 0.6) is 11.5 Å². The minimum absolute atomic E-state index is 0.00535. The number of nitrogens with two attached hydrogens (primary N) is 1. The van der Waals surface area contributed by atoms with E-state index in [9.17, 15) is 0 Å². The molecule has 0 saturated carbocycles. The standard InChI is InChI=1S/C19H22ClN5O3S/c1-9-13(26-2)6-14(27-3)16(20)15(9)18-23-11-7-22-19(25-17(11)29-18)24-12-8-28-5-4-10(12)21/h6-7,10,12H,4-5,8,21H2,1-3H3,(H,22,24,25)/t10-,12+/m0/s1. The highest BCUT2D eigenvalue weighted by molar-refractivity contribution is 7.21. The molecule has 10 heteroatoms. The van der Waals surface area contributed by atoms with Crippen LogP contribution < -0.4 is 20.5 Å². The molecule has 1 aromatic carbocycles. The van der Waals surface area contributed by atoms with Gasteiger partial charge in [0.05, 0.1) is 38.1 Å². The Morgan fingerprint density at radius 2 is 2.07 bits per heavy atom. The second-order valence-corrected chi connectivity index (χ2v) is 8.13. The molecule has 0 bridgehead atoms. The molecule has 0 radical (unpaired) electrons. The van der Waals surface area contributed by atoms with Crippen LogP contribution in [0.25, 0.3) is 20.9 Å². The van der Waals surface area contributed by atoms with Gasteiger partial charge < -0.3 is 25.3 Å². The number of hydrogen-bond acceptors (Lipinski definition) is 9. The number of nitrogens with zero attached hydrogens (tertiary/aromatic N) is 3. The molecule has 0 aliphatic carbocycles. The highest BCUT2D eigenvalue weighted by Gasteiger charge is 2.24. The molecule has 154 valence electrons. The molecule has 8 nitrogen and oxygen atoms in total. The molecule has 2 atom stereocenters. The molecule has 29 heavy (non-hydrogen) atoms. The fourth-order valence-corrected chi connectivity index (χ4v) is 4.74. The quantitative estimate of drug-likeness (QED) is 0.629. The van der Waals surface area contributed by atoms with Crippen molar-refractivity contribution in [1.82, 2.24) is 15.0 Å². The summed E-state index contributed by atoms with van der Waals surface area (Å²) in [5.74, 6) is 1.72. The lowest BCUT2D eigenvalue weighted by Gasteiger charge is -2.29. The summed E-state index contributed by atoms with van der Waals surface area (Å²) in [5.41, 5.74) is 8.50. The number of rotatable bonds is 5. The van der Waals surface area contributed by atoms with Gasteiger partial charge in [-0.05, 0) is 13.3 Å². The van der Waals surface area contributed by atoms with Gasteiger partial charge in [-0.1, -0.05) is 22.9 Å². The molecule has 1 saturated heterocycles. The largest absolute Gasteiger partial charge is 0.496 e. The van der Waals surface area contributed by atoms with Gasteiger partial charge >= 0.3 is 0 Å². The van der Waals surface area contributed by atoms with Crippen LogP contribution in [0.3, 0.4) is 0 Å². The van der Waals surface area contributed by atoms with Crippen molar-refractivity contribution in [2.75, 3.05) is 32.8 Å². The third-order valence-electron chi connectivity index (χ3n) is 4.97. The van der Waals surface area contributed by atoms with E-state index in [1.165, 1.54) is 11.3 Å². The van der Waals surface area contributed by atoms with Crippen molar-refractivity contribution in [1.29, 1.82) is 0 Å². The van der Waals surface area contributed by atoms with Gasteiger partial charge in [0.15, 0.2) is 0 Å². The number of methoxy groups -OCH3 is 2. The summed E-state index contributed by atoms with van der Waals surface area (Å²) in [7, 11) is 3.18. The Bertz CT molecular complexity index is 1020. The first kappa shape index (κ1) is 20.1. The van der Waals surface area contributed by atoms with E-state index in [0.29, 0.717) is 41.2 Å². The van der Waals surface area contributed by atoms with Crippen LogP contribution in [0, 0.1) is 6.92 Å². The minimum atomic E-state index is -0.0204. The fraction of sp³-hybridized carbons (Fsp3) is 0.421. The van der Waals surface area contributed by atoms with Crippen molar-refractivity contribution in [3.8, 4) is 22.1 Å². The zero-order valence-electron chi connectivity index (χ0n) is 16.4. The predicted octanol–water partition coefficient (Wildman–Crippen LogP) is 3.26. The average Bonchev–Trinajstić information content (AvgIpc) is 3.13. The van der Waals surface area contributed by atoms with Crippen molar-refractivity contribution in [3.63, 3.8) is 0 Å². The van der Waals surface area contributed by atoms with E-state index in [1.807, 2.05) is 6.92 Å². The van der Waals surface area contributed by atoms with E-state index in [-0.39, 0.29) is 12.1 Å². The van der Waals surface area contributed by atoms with Crippen LogP contribution in [0.15, 0.2) is 12.3 Å². The molecule has 4 rings (SSSR count). The lowest BCUT2D eigenvalue weighted by Crippen LogP contribution is -2.47. The number of thiazole rings is 1. The number of halogens is 1. The maximum atomic E-state index is 6.59. The molecule has 3 N–H and O–H groups in total. The van der Waals surface area contributed by atoms with Crippen molar-refractivity contribution >= 4 is 39.2 Å². The Morgan fingerprint density at radius 1 is 1.28 bits per heavy atom. The zero-order valence-corrected chi connectivity index (χ0v) is 17.9. The molecular formula is C19H22ClN5O3S. The molecule has 3 aromatic rings. The van der Waals surface area contributed by atoms with Gasteiger partial charge in [-0.2, -0.15) is 0 Å². The molecule has 1 aliphatic rings. The third-order valence-corrected chi connectivity index (χ3v) is 6.33. The molecule has 0 amide bonds. The second kappa shape index (κ2) is 8.27. The van der Waals surface area contributed by atoms with Crippen LogP contribution in [0.1, 0.15) is 12.0 Å². The number of hydrogen-bond donors (Lipinski definition) is 2. The van der Waals surface area contributed by atoms with Gasteiger partial charge in [0.25, 0.3) is 0 Å². The smallest absolute Gasteiger partial charge is 0.224 e. The summed E-state index contributed by atoms with van der Waals surface area (Å²) >= 11 is 8.03. The maximum Gasteiger partial charge on any atom is 0.224 e. The topological polar surface area (TPSA) is 104 Å². The van der Waals surface area contributed by atoms with Crippen LogP contribution in [-0.2, 0) is 4.74 Å². The summed E-state index contributed by atoms with van der Waals surface area (Å²) in [4.78, 5) is 14.4. The van der Waals surface area contributed by atoms with Gasteiger partial charge in [0.2, 0.25) is 5.95 Å². The Hall–Kier alpha value is -2.20. The van der Waals surface area contributed by atoms with Crippen molar-refractivity contribution in [2.24, 2.45) is 5.73 Å². The third kappa shape index (κ3) is 3.83. The highest BCUT2D eigenvalue weighted by atomic mass is 35.5. The summed E-state index contributed by atoms with van der Waals surface area (Å²) in [6, 6.07) is 1.75. The number of anilines is 1. The SMILES string of the molecule is COc1cc(OC)c(Cl)c(-c2nc3cnc(N[C@@H]4COCC[C@@H]4N)nc3s2)c1C. The van der Waals surface area contributed by atoms with E-state index in [0.717, 1.165) is 27.4 Å². The number of benzene rings is 1. The molecule has 0 spiro atoms. The number of ether oxygens (including phenoxy) is 3. The van der Waals surface area contributed by atoms with E-state index < -0.39 is 0 Å². The molecule has 1 fully saturated rings. The van der Waals surface area contributed by atoms with Crippen LogP contribution in [0.2, 0.25) is 5.02 Å². The van der Waals surface area contributed by atoms with Gasteiger partial charge in [-0.15, -0.1) is 0 Å². The first-order valence-electron chi connectivity index (χ1n) is 9.16. The van der Waals surface area contributed by atoms with E-state index >= 15 is 0 Å². The van der Waals surface area contributed by atoms with E-state index in [2.05, 4.69) is 20.3 Å². The lowest BCUT2D eigenvalue weighted by atomic mass is 10.1. The van der Waals surface area contributed by atoms with E-state index in [4.69, 9.17) is 31.5 Å². The van der Waals surface area contributed by atoms with Crippen LogP contribution in [0.4, 0.5) is 5.95 Å². The lowest BCUT2D eigenvalue weighted by molar-refractivity contribution is 0.0766. The van der Waals surface area contributed by atoms with Gasteiger partial charge in [-0.25, -0.2) is 15.0 Å². The molecule has 2 aromatic heterocycles. The van der Waals surface area contributed by atoms with Crippen molar-refractivity contribution < 1.29 is 14.2 Å². The molecule has 3 heterocycles. The molecular weight excluding hydrogens is 414 g/mol. The van der Waals surface area contributed by atoms with Crippen molar-refractivity contribution in [3.05, 3.63) is 22.8 Å². The predicted molar refractivity (Wildman–Crippen MR) is 114 cm³/mol. The molecule has 1 aliphatic heterocycles. The van der Waals surface area contributed by atoms with Gasteiger partial charge in [0, 0.05) is 29.8 Å². The van der Waals surface area contributed by atoms with Crippen molar-refractivity contribution in [2.45, 2.75) is 25.4 Å². The maximum absolute atomic E-state index is 6.59. The zero-order chi connectivity index (χ0) is 20.5. The summed E-state index contributed by atoms with van der Waals surface area (Å²) in [6.07, 6.45) is 2.50. The highest BCUT2D eigenvalue weighted by Crippen LogP contribution is 2.44.